The minimum Gasteiger partial charge on any atom is -0.341 e. The molecule has 2 saturated heterocycles. The van der Waals surface area contributed by atoms with E-state index in [1.54, 1.807) is 31.2 Å². The Morgan fingerprint density at radius 3 is 2.44 bits per heavy atom. The lowest BCUT2D eigenvalue weighted by Gasteiger charge is -2.40. The third-order valence-electron chi connectivity index (χ3n) is 9.92. The molecule has 4 heterocycles. The Labute approximate surface area is 262 Å². The first-order valence-corrected chi connectivity index (χ1v) is 16.1. The number of anilines is 1. The van der Waals surface area contributed by atoms with Crippen LogP contribution in [0.5, 0.6) is 0 Å². The molecule has 3 aliphatic rings. The van der Waals surface area contributed by atoms with Crippen molar-refractivity contribution in [3.05, 3.63) is 113 Å². The molecule has 2 fully saturated rings. The number of fused-ring (bicyclic) bond motifs is 2. The van der Waals surface area contributed by atoms with Crippen LogP contribution in [0.25, 0.3) is 11.1 Å². The second-order valence-electron chi connectivity index (χ2n) is 12.7. The molecule has 8 heteroatoms. The Kier molecular flexibility index (Phi) is 8.04. The van der Waals surface area contributed by atoms with Crippen molar-refractivity contribution >= 4 is 11.6 Å². The highest BCUT2D eigenvalue weighted by Gasteiger charge is 2.35. The van der Waals surface area contributed by atoms with Gasteiger partial charge in [-0.25, -0.2) is 0 Å². The van der Waals surface area contributed by atoms with Gasteiger partial charge >= 0.3 is 6.18 Å². The molecule has 5 nitrogen and oxygen atoms in total. The number of para-hydroxylation sites is 1. The molecular formula is C37H39F3N4O. The van der Waals surface area contributed by atoms with Gasteiger partial charge in [0.15, 0.2) is 0 Å². The highest BCUT2D eigenvalue weighted by Crippen LogP contribution is 2.39. The molecule has 0 spiro atoms. The number of aromatic nitrogens is 1. The third-order valence-corrected chi connectivity index (χ3v) is 9.92. The lowest BCUT2D eigenvalue weighted by molar-refractivity contribution is -0.137. The van der Waals surface area contributed by atoms with Gasteiger partial charge in [-0.05, 0) is 111 Å². The highest BCUT2D eigenvalue weighted by atomic mass is 19.4. The first-order chi connectivity index (χ1) is 21.8. The fraction of sp³-hybridized carbons (Fsp3) is 0.378. The van der Waals surface area contributed by atoms with Gasteiger partial charge in [0.2, 0.25) is 0 Å². The Bertz CT molecular complexity index is 1700. The predicted molar refractivity (Wildman–Crippen MR) is 171 cm³/mol. The number of alkyl halides is 3. The number of nitrogens with zero attached hydrogens (tertiary/aromatic N) is 3. The molecule has 1 aromatic heterocycles. The van der Waals surface area contributed by atoms with E-state index in [1.807, 2.05) is 23.1 Å². The van der Waals surface area contributed by atoms with Crippen LogP contribution in [0, 0.1) is 6.92 Å². The number of nitrogens with one attached hydrogen (secondary N) is 1. The van der Waals surface area contributed by atoms with Crippen molar-refractivity contribution in [2.75, 3.05) is 24.5 Å². The zero-order chi connectivity index (χ0) is 31.1. The average Bonchev–Trinajstić information content (AvgIpc) is 3.37. The molecule has 1 N–H and O–H groups in total. The molecule has 0 saturated carbocycles. The number of amides is 1. The molecule has 45 heavy (non-hydrogen) atoms. The second kappa shape index (κ2) is 12.1. The summed E-state index contributed by atoms with van der Waals surface area (Å²) in [6, 6.07) is 23.9. The normalized spacial score (nSPS) is 20.8. The largest absolute Gasteiger partial charge is 0.417 e. The fourth-order valence-corrected chi connectivity index (χ4v) is 7.63. The monoisotopic (exact) mass is 612 g/mol. The van der Waals surface area contributed by atoms with E-state index in [0.29, 0.717) is 35.8 Å². The van der Waals surface area contributed by atoms with Crippen LogP contribution >= 0.6 is 0 Å². The van der Waals surface area contributed by atoms with E-state index in [0.717, 1.165) is 36.0 Å². The number of carbonyl (C=O) groups excluding carboxylic acids is 1. The van der Waals surface area contributed by atoms with Gasteiger partial charge in [-0.2, -0.15) is 13.2 Å². The van der Waals surface area contributed by atoms with E-state index >= 15 is 0 Å². The summed E-state index contributed by atoms with van der Waals surface area (Å²) in [7, 11) is 0. The van der Waals surface area contributed by atoms with Crippen LogP contribution in [0.4, 0.5) is 18.9 Å². The van der Waals surface area contributed by atoms with Crippen molar-refractivity contribution in [3.63, 3.8) is 0 Å². The van der Waals surface area contributed by atoms with Crippen molar-refractivity contribution in [3.8, 4) is 11.1 Å². The summed E-state index contributed by atoms with van der Waals surface area (Å²) < 4.78 is 43.7. The number of hydrogen-bond acceptors (Lipinski definition) is 3. The minimum absolute atomic E-state index is 0.117. The predicted octanol–water partition coefficient (Wildman–Crippen LogP) is 7.97. The fourth-order valence-electron chi connectivity index (χ4n) is 7.63. The third kappa shape index (κ3) is 5.82. The number of halogens is 3. The van der Waals surface area contributed by atoms with Crippen molar-refractivity contribution in [2.24, 2.45) is 0 Å². The van der Waals surface area contributed by atoms with Gasteiger partial charge in [0, 0.05) is 41.3 Å². The quantitative estimate of drug-likeness (QED) is 0.254. The van der Waals surface area contributed by atoms with E-state index in [2.05, 4.69) is 33.0 Å². The van der Waals surface area contributed by atoms with Gasteiger partial charge in [-0.15, -0.1) is 0 Å². The van der Waals surface area contributed by atoms with Gasteiger partial charge in [-0.3, -0.25) is 4.79 Å². The Morgan fingerprint density at radius 2 is 1.64 bits per heavy atom. The Hall–Kier alpha value is -3.88. The van der Waals surface area contributed by atoms with E-state index < -0.39 is 11.7 Å². The van der Waals surface area contributed by atoms with Gasteiger partial charge in [0.05, 0.1) is 12.1 Å². The lowest BCUT2D eigenvalue weighted by Crippen LogP contribution is -2.46. The summed E-state index contributed by atoms with van der Waals surface area (Å²) in [6.07, 6.45) is 1.70. The standard InChI is InChI=1S/C37H39F3N4O/c1-25-21-26(13-15-30(25)31-10-4-5-11-32(31)37(38,39)40)36(45)44-24-29-14-16-35(43(29)23-27-9-3-6-12-34(27)44)33-22-28(17-18-41-33)42-19-7-2-8-20-42/h3-6,9-16,21,28,33,41H,2,7-8,17-20,22-24H2,1H3. The molecular weight excluding hydrogens is 573 g/mol. The zero-order valence-electron chi connectivity index (χ0n) is 25.6. The van der Waals surface area contributed by atoms with Crippen LogP contribution in [0.1, 0.15) is 76.6 Å². The van der Waals surface area contributed by atoms with Crippen LogP contribution in [0.15, 0.2) is 78.9 Å². The average molecular weight is 613 g/mol. The molecule has 3 aliphatic heterocycles. The van der Waals surface area contributed by atoms with Crippen molar-refractivity contribution in [1.82, 2.24) is 14.8 Å². The van der Waals surface area contributed by atoms with Crippen molar-refractivity contribution < 1.29 is 18.0 Å². The Morgan fingerprint density at radius 1 is 0.867 bits per heavy atom. The zero-order valence-corrected chi connectivity index (χ0v) is 25.6. The maximum Gasteiger partial charge on any atom is 0.417 e. The molecule has 1 amide bonds. The summed E-state index contributed by atoms with van der Waals surface area (Å²) in [5, 5.41) is 3.78. The smallest absolute Gasteiger partial charge is 0.341 e. The van der Waals surface area contributed by atoms with Crippen LogP contribution in [0.2, 0.25) is 0 Å². The molecule has 0 aliphatic carbocycles. The molecule has 0 bridgehead atoms. The maximum atomic E-state index is 14.2. The van der Waals surface area contributed by atoms with Crippen LogP contribution in [-0.2, 0) is 19.3 Å². The minimum atomic E-state index is -4.47. The maximum absolute atomic E-state index is 14.2. The summed E-state index contributed by atoms with van der Waals surface area (Å²) in [5.41, 5.74) is 5.25. The second-order valence-corrected chi connectivity index (χ2v) is 12.7. The number of carbonyl (C=O) groups is 1. The van der Waals surface area contributed by atoms with Crippen LogP contribution < -0.4 is 10.2 Å². The molecule has 0 radical (unpaired) electrons. The summed E-state index contributed by atoms with van der Waals surface area (Å²) in [5.74, 6) is -0.168. The molecule has 4 aromatic rings. The number of piperidine rings is 2. The molecule has 3 aromatic carbocycles. The number of aryl methyl sites for hydroxylation is 1. The highest BCUT2D eigenvalue weighted by molar-refractivity contribution is 6.07. The Balaban J connectivity index is 1.18. The van der Waals surface area contributed by atoms with Gasteiger partial charge < -0.3 is 19.7 Å². The van der Waals surface area contributed by atoms with E-state index in [-0.39, 0.29) is 17.5 Å². The number of hydrogen-bond donors (Lipinski definition) is 1. The molecule has 2 atom stereocenters. The number of benzene rings is 3. The molecule has 234 valence electrons. The first kappa shape index (κ1) is 29.8. The lowest BCUT2D eigenvalue weighted by atomic mass is 9.94. The topological polar surface area (TPSA) is 40.5 Å². The summed E-state index contributed by atoms with van der Waals surface area (Å²) in [6.45, 7) is 6.25. The number of likely N-dealkylation sites (tertiary alicyclic amines) is 1. The van der Waals surface area contributed by atoms with Crippen molar-refractivity contribution in [2.45, 2.75) is 70.4 Å². The number of rotatable bonds is 4. The molecule has 2 unspecified atom stereocenters. The molecule has 7 rings (SSSR count). The van der Waals surface area contributed by atoms with Crippen molar-refractivity contribution in [1.29, 1.82) is 0 Å². The van der Waals surface area contributed by atoms with Gasteiger partial charge in [0.1, 0.15) is 0 Å². The SMILES string of the molecule is Cc1cc(C(=O)N2Cc3ccc(C4CC(N5CCCCC5)CCN4)n3Cc3ccccc32)ccc1-c1ccccc1C(F)(F)F. The van der Waals surface area contributed by atoms with Gasteiger partial charge in [-0.1, -0.05) is 48.9 Å². The summed E-state index contributed by atoms with van der Waals surface area (Å²) >= 11 is 0. The summed E-state index contributed by atoms with van der Waals surface area (Å²) in [4.78, 5) is 18.7. The van der Waals surface area contributed by atoms with E-state index in [9.17, 15) is 18.0 Å². The van der Waals surface area contributed by atoms with Crippen LogP contribution in [0.3, 0.4) is 0 Å². The first-order valence-electron chi connectivity index (χ1n) is 16.1. The van der Waals surface area contributed by atoms with E-state index in [1.165, 1.54) is 56.6 Å². The van der Waals surface area contributed by atoms with Gasteiger partial charge in [0.25, 0.3) is 5.91 Å². The van der Waals surface area contributed by atoms with Crippen LogP contribution in [-0.4, -0.2) is 41.1 Å². The van der Waals surface area contributed by atoms with E-state index in [4.69, 9.17) is 0 Å².